The van der Waals surface area contributed by atoms with E-state index in [-0.39, 0.29) is 65.0 Å². The van der Waals surface area contributed by atoms with E-state index >= 15 is 0 Å². The van der Waals surface area contributed by atoms with E-state index in [1.807, 2.05) is 0 Å². The fraction of sp³-hybridized carbons (Fsp3) is 1.00. The van der Waals surface area contributed by atoms with E-state index in [1.54, 1.807) is 0 Å². The maximum Gasteiger partial charge on any atom is -0.0241 e. The molecule has 0 aromatic rings. The molecule has 0 atom stereocenters. The van der Waals surface area contributed by atoms with Gasteiger partial charge in [-0.1, -0.05) is 194 Å². The molecule has 0 bridgehead atoms. The lowest BCUT2D eigenvalue weighted by Gasteiger charge is -2.73. The molecular formula is C42H86. The van der Waals surface area contributed by atoms with E-state index in [0.29, 0.717) is 11.8 Å². The zero-order valence-corrected chi connectivity index (χ0v) is 35.2. The molecule has 0 saturated heterocycles. The Hall–Kier alpha value is 0. The van der Waals surface area contributed by atoms with Crippen LogP contribution in [0.4, 0.5) is 0 Å². The fourth-order valence-corrected chi connectivity index (χ4v) is 9.30. The van der Waals surface area contributed by atoms with Crippen molar-refractivity contribution in [3.63, 3.8) is 0 Å². The molecule has 0 spiro atoms. The van der Waals surface area contributed by atoms with Gasteiger partial charge in [-0.15, -0.1) is 0 Å². The molecule has 0 amide bonds. The lowest BCUT2D eigenvalue weighted by Crippen LogP contribution is -2.67. The van der Waals surface area contributed by atoms with Crippen LogP contribution in [0.25, 0.3) is 0 Å². The lowest BCUT2D eigenvalue weighted by atomic mass is 9.32. The summed E-state index contributed by atoms with van der Waals surface area (Å²) in [4.78, 5) is 0. The molecule has 0 rings (SSSR count). The summed E-state index contributed by atoms with van der Waals surface area (Å²) in [5.41, 5.74) is 0.990. The third kappa shape index (κ3) is 4.94. The van der Waals surface area contributed by atoms with Crippen molar-refractivity contribution in [1.82, 2.24) is 0 Å². The second-order valence-corrected chi connectivity index (χ2v) is 22.0. The van der Waals surface area contributed by atoms with Crippen molar-refractivity contribution in [3.05, 3.63) is 0 Å². The van der Waals surface area contributed by atoms with Gasteiger partial charge in [-0.2, -0.15) is 0 Å². The molecule has 0 heteroatoms. The van der Waals surface area contributed by atoms with E-state index in [1.165, 1.54) is 0 Å². The van der Waals surface area contributed by atoms with Crippen molar-refractivity contribution >= 4 is 0 Å². The number of rotatable bonds is 13. The van der Waals surface area contributed by atoms with Crippen LogP contribution in [0.5, 0.6) is 0 Å². The average molecular weight is 591 g/mol. The summed E-state index contributed by atoms with van der Waals surface area (Å²) >= 11 is 0. The predicted octanol–water partition coefficient (Wildman–Crippen LogP) is 14.6. The highest BCUT2D eigenvalue weighted by atomic mass is 14.7. The minimum Gasteiger partial charge on any atom is -0.0622 e. The molecule has 0 aliphatic heterocycles. The van der Waals surface area contributed by atoms with Crippen LogP contribution in [-0.2, 0) is 0 Å². The quantitative estimate of drug-likeness (QED) is 0.200. The zero-order valence-electron chi connectivity index (χ0n) is 35.2. The molecule has 0 radical (unpaired) electrons. The highest BCUT2D eigenvalue weighted by Crippen LogP contribution is 2.76. The summed E-state index contributed by atoms with van der Waals surface area (Å²) < 4.78 is 0. The van der Waals surface area contributed by atoms with Gasteiger partial charge < -0.3 is 0 Å². The third-order valence-electron chi connectivity index (χ3n) is 20.2. The molecule has 0 fully saturated rings. The van der Waals surface area contributed by atoms with Crippen molar-refractivity contribution < 1.29 is 0 Å². The Morgan fingerprint density at radius 1 is 0.190 bits per heavy atom. The summed E-state index contributed by atoms with van der Waals surface area (Å²) in [6.45, 7) is 71.5. The predicted molar refractivity (Wildman–Crippen MR) is 195 cm³/mol. The maximum atomic E-state index is 2.61. The first kappa shape index (κ1) is 42.0. The highest BCUT2D eigenvalue weighted by molar-refractivity contribution is 5.17. The Kier molecular flexibility index (Phi) is 10.8. The molecular weight excluding hydrogens is 504 g/mol. The molecule has 0 aromatic carbocycles. The van der Waals surface area contributed by atoms with Crippen molar-refractivity contribution in [1.29, 1.82) is 0 Å². The van der Waals surface area contributed by atoms with Crippen LogP contribution in [0.15, 0.2) is 0 Å². The van der Waals surface area contributed by atoms with Crippen molar-refractivity contribution in [2.75, 3.05) is 0 Å². The molecule has 42 heavy (non-hydrogen) atoms. The topological polar surface area (TPSA) is 0 Å². The van der Waals surface area contributed by atoms with Crippen LogP contribution < -0.4 is 0 Å². The van der Waals surface area contributed by atoms with Gasteiger partial charge in [0.15, 0.2) is 0 Å². The van der Waals surface area contributed by atoms with Crippen LogP contribution >= 0.6 is 0 Å². The van der Waals surface area contributed by atoms with Crippen molar-refractivity contribution in [2.45, 2.75) is 194 Å². The van der Waals surface area contributed by atoms with E-state index in [4.69, 9.17) is 0 Å². The van der Waals surface area contributed by atoms with Crippen LogP contribution in [0, 0.1) is 76.8 Å². The summed E-state index contributed by atoms with van der Waals surface area (Å²) in [7, 11) is 0. The SMILES string of the molecule is CC(C)C(C)(C)C(C)(C)C(C)(C)C(C)(C)C(C)(C)C(C)(C)C(C)(C)C(C)(C)C(C)(C)C(C)(C)C(C)(C)C(C)(C)C(C)C. The Morgan fingerprint density at radius 3 is 0.381 bits per heavy atom. The number of hydrogen-bond acceptors (Lipinski definition) is 0. The molecule has 0 saturated carbocycles. The van der Waals surface area contributed by atoms with Gasteiger partial charge >= 0.3 is 0 Å². The molecule has 0 heterocycles. The summed E-state index contributed by atoms with van der Waals surface area (Å²) in [6.07, 6.45) is 0. The van der Waals surface area contributed by atoms with E-state index in [9.17, 15) is 0 Å². The Bertz CT molecular complexity index is 851. The van der Waals surface area contributed by atoms with Gasteiger partial charge in [-0.05, 0) is 76.8 Å². The first-order chi connectivity index (χ1) is 17.6. The Labute approximate surface area is 270 Å². The van der Waals surface area contributed by atoms with Gasteiger partial charge in [0.05, 0.1) is 0 Å². The van der Waals surface area contributed by atoms with Crippen LogP contribution in [0.2, 0.25) is 0 Å². The minimum absolute atomic E-state index is 0.0212. The molecule has 0 unspecified atom stereocenters. The molecule has 0 aromatic heterocycles. The molecule has 0 N–H and O–H groups in total. The lowest BCUT2D eigenvalue weighted by molar-refractivity contribution is -0.248. The first-order valence-electron chi connectivity index (χ1n) is 17.6. The minimum atomic E-state index is 0.0212. The van der Waals surface area contributed by atoms with Gasteiger partial charge in [0.25, 0.3) is 0 Å². The fourth-order valence-electron chi connectivity index (χ4n) is 9.30. The molecule has 0 aliphatic carbocycles. The summed E-state index contributed by atoms with van der Waals surface area (Å²) in [5.74, 6) is 1.21. The van der Waals surface area contributed by atoms with Crippen LogP contribution in [0.1, 0.15) is 194 Å². The summed E-state index contributed by atoms with van der Waals surface area (Å²) in [6, 6.07) is 0. The first-order valence-corrected chi connectivity index (χ1v) is 17.6. The van der Waals surface area contributed by atoms with E-state index in [0.717, 1.165) is 0 Å². The molecule has 0 nitrogen and oxygen atoms in total. The van der Waals surface area contributed by atoms with E-state index in [2.05, 4.69) is 194 Å². The second kappa shape index (κ2) is 10.8. The maximum absolute atomic E-state index is 2.61. The Morgan fingerprint density at radius 2 is 0.286 bits per heavy atom. The largest absolute Gasteiger partial charge is 0.0622 e. The Balaban J connectivity index is 7.41. The number of hydrogen-bond donors (Lipinski definition) is 0. The highest BCUT2D eigenvalue weighted by Gasteiger charge is 2.69. The van der Waals surface area contributed by atoms with Crippen LogP contribution in [0.3, 0.4) is 0 Å². The van der Waals surface area contributed by atoms with Gasteiger partial charge in [-0.3, -0.25) is 0 Å². The van der Waals surface area contributed by atoms with Crippen LogP contribution in [-0.4, -0.2) is 0 Å². The van der Waals surface area contributed by atoms with Gasteiger partial charge in [0.1, 0.15) is 0 Å². The molecule has 0 aliphatic rings. The molecule has 254 valence electrons. The van der Waals surface area contributed by atoms with Crippen molar-refractivity contribution in [3.8, 4) is 0 Å². The summed E-state index contributed by atoms with van der Waals surface area (Å²) in [5, 5.41) is 0. The standard InChI is InChI=1S/C42H86/c1-29(2)31(5,6)33(9,10)35(13,14)37(17,18)39(21,22)41(25,26)42(27,28)40(23,24)38(19,20)36(15,16)34(11,12)32(7,8)30(3)4/h29-30H,1-28H3. The smallest absolute Gasteiger partial charge is 0.0241 e. The normalized spacial score (nSPS) is 17.0. The van der Waals surface area contributed by atoms with Crippen molar-refractivity contribution in [2.24, 2.45) is 76.8 Å². The van der Waals surface area contributed by atoms with E-state index < -0.39 is 0 Å². The zero-order chi connectivity index (χ0) is 35.2. The van der Waals surface area contributed by atoms with Gasteiger partial charge in [-0.25, -0.2) is 0 Å². The van der Waals surface area contributed by atoms with Gasteiger partial charge in [0.2, 0.25) is 0 Å². The van der Waals surface area contributed by atoms with Gasteiger partial charge in [0, 0.05) is 0 Å². The monoisotopic (exact) mass is 591 g/mol. The second-order valence-electron chi connectivity index (χ2n) is 22.0. The third-order valence-corrected chi connectivity index (χ3v) is 20.2. The average Bonchev–Trinajstić information content (AvgIpc) is 2.77.